The van der Waals surface area contributed by atoms with Crippen LogP contribution in [-0.2, 0) is 4.43 Å². The largest absolute Gasteiger partial charge is 0.260 e. The number of alkyl halides is 1. The van der Waals surface area contributed by atoms with Crippen molar-refractivity contribution in [3.05, 3.63) is 34.4 Å². The molecule has 14 heavy (non-hydrogen) atoms. The molecule has 2 aromatic rings. The van der Waals surface area contributed by atoms with Crippen LogP contribution in [0, 0.1) is 6.92 Å². The Balaban J connectivity index is 2.50. The second kappa shape index (κ2) is 4.35. The Morgan fingerprint density at radius 1 is 1.50 bits per heavy atom. The van der Waals surface area contributed by atoms with E-state index in [2.05, 4.69) is 44.0 Å². The van der Waals surface area contributed by atoms with E-state index in [1.807, 2.05) is 19.2 Å². The van der Waals surface area contributed by atoms with Gasteiger partial charge in [-0.25, -0.2) is 4.98 Å². The fourth-order valence-corrected chi connectivity index (χ4v) is 2.49. The summed E-state index contributed by atoms with van der Waals surface area (Å²) < 4.78 is 0.921. The van der Waals surface area contributed by atoms with Crippen LogP contribution in [0.1, 0.15) is 10.7 Å². The average molecular weight is 316 g/mol. The number of aryl methyl sites for hydroxylation is 1. The Morgan fingerprint density at radius 2 is 2.36 bits per heavy atom. The van der Waals surface area contributed by atoms with Crippen LogP contribution in [0.4, 0.5) is 0 Å². The summed E-state index contributed by atoms with van der Waals surface area (Å²) in [5.74, 6) is 0. The van der Waals surface area contributed by atoms with Gasteiger partial charge in [0.15, 0.2) is 0 Å². The minimum Gasteiger partial charge on any atom is -0.260 e. The van der Waals surface area contributed by atoms with E-state index in [9.17, 15) is 0 Å². The highest BCUT2D eigenvalue weighted by Gasteiger charge is 2.07. The molecular formula is C10H9IN2S. The van der Waals surface area contributed by atoms with Crippen molar-refractivity contribution in [1.29, 1.82) is 0 Å². The summed E-state index contributed by atoms with van der Waals surface area (Å²) in [6.45, 7) is 2.02. The van der Waals surface area contributed by atoms with E-state index < -0.39 is 0 Å². The standard InChI is InChI=1S/C10H9IN2S/c1-7-13-10(6-14-7)8-3-2-4-12-9(8)5-11/h2-4,6H,5H2,1H3. The van der Waals surface area contributed by atoms with E-state index in [1.54, 1.807) is 11.3 Å². The molecule has 0 aliphatic carbocycles. The summed E-state index contributed by atoms with van der Waals surface area (Å²) in [5.41, 5.74) is 3.32. The van der Waals surface area contributed by atoms with Gasteiger partial charge in [-0.3, -0.25) is 4.98 Å². The van der Waals surface area contributed by atoms with Gasteiger partial charge in [0.05, 0.1) is 16.4 Å². The van der Waals surface area contributed by atoms with E-state index in [4.69, 9.17) is 0 Å². The normalized spacial score (nSPS) is 10.4. The maximum Gasteiger partial charge on any atom is 0.0901 e. The van der Waals surface area contributed by atoms with Gasteiger partial charge < -0.3 is 0 Å². The van der Waals surface area contributed by atoms with E-state index in [-0.39, 0.29) is 0 Å². The van der Waals surface area contributed by atoms with Crippen LogP contribution in [0.15, 0.2) is 23.7 Å². The number of thiazole rings is 1. The number of halogens is 1. The molecule has 0 saturated carbocycles. The minimum atomic E-state index is 0.921. The number of aromatic nitrogens is 2. The molecule has 2 nitrogen and oxygen atoms in total. The Bertz CT molecular complexity index is 439. The van der Waals surface area contributed by atoms with Gasteiger partial charge in [-0.1, -0.05) is 22.6 Å². The van der Waals surface area contributed by atoms with Crippen LogP contribution in [0.3, 0.4) is 0 Å². The van der Waals surface area contributed by atoms with Gasteiger partial charge in [0.1, 0.15) is 0 Å². The van der Waals surface area contributed by atoms with Crippen molar-refractivity contribution in [3.63, 3.8) is 0 Å². The molecule has 0 aromatic carbocycles. The number of hydrogen-bond donors (Lipinski definition) is 0. The van der Waals surface area contributed by atoms with E-state index in [0.717, 1.165) is 26.4 Å². The third-order valence-corrected chi connectivity index (χ3v) is 3.41. The predicted octanol–water partition coefficient (Wildman–Crippen LogP) is 3.45. The molecule has 2 rings (SSSR count). The molecule has 0 unspecified atom stereocenters. The molecule has 0 fully saturated rings. The lowest BCUT2D eigenvalue weighted by atomic mass is 10.1. The lowest BCUT2D eigenvalue weighted by Gasteiger charge is -2.01. The van der Waals surface area contributed by atoms with Crippen LogP contribution in [0.5, 0.6) is 0 Å². The first-order valence-corrected chi connectivity index (χ1v) is 6.64. The average Bonchev–Trinajstić information content (AvgIpc) is 2.65. The smallest absolute Gasteiger partial charge is 0.0901 e. The molecule has 0 spiro atoms. The Hall–Kier alpha value is -0.490. The van der Waals surface area contributed by atoms with Crippen LogP contribution in [0.2, 0.25) is 0 Å². The molecular weight excluding hydrogens is 307 g/mol. The molecule has 4 heteroatoms. The third-order valence-electron chi connectivity index (χ3n) is 1.91. The van der Waals surface area contributed by atoms with Gasteiger partial charge in [0.25, 0.3) is 0 Å². The van der Waals surface area contributed by atoms with Crippen molar-refractivity contribution in [2.45, 2.75) is 11.4 Å². The minimum absolute atomic E-state index is 0.921. The monoisotopic (exact) mass is 316 g/mol. The van der Waals surface area contributed by atoms with Crippen molar-refractivity contribution in [2.24, 2.45) is 0 Å². The van der Waals surface area contributed by atoms with E-state index in [1.165, 1.54) is 0 Å². The highest BCUT2D eigenvalue weighted by Crippen LogP contribution is 2.24. The first kappa shape index (κ1) is 10.0. The molecule has 0 saturated heterocycles. The van der Waals surface area contributed by atoms with Crippen molar-refractivity contribution < 1.29 is 0 Å². The van der Waals surface area contributed by atoms with Crippen LogP contribution in [-0.4, -0.2) is 9.97 Å². The lowest BCUT2D eigenvalue weighted by molar-refractivity contribution is 1.18. The fraction of sp³-hybridized carbons (Fsp3) is 0.200. The van der Waals surface area contributed by atoms with E-state index >= 15 is 0 Å². The van der Waals surface area contributed by atoms with Crippen LogP contribution in [0.25, 0.3) is 11.3 Å². The molecule has 0 amide bonds. The van der Waals surface area contributed by atoms with Gasteiger partial charge in [-0.2, -0.15) is 0 Å². The van der Waals surface area contributed by atoms with Crippen molar-refractivity contribution in [2.75, 3.05) is 0 Å². The molecule has 0 aliphatic rings. The maximum atomic E-state index is 4.46. The highest BCUT2D eigenvalue weighted by atomic mass is 127. The summed E-state index contributed by atoms with van der Waals surface area (Å²) in [4.78, 5) is 8.80. The van der Waals surface area contributed by atoms with E-state index in [0.29, 0.717) is 0 Å². The van der Waals surface area contributed by atoms with Crippen molar-refractivity contribution in [1.82, 2.24) is 9.97 Å². The number of pyridine rings is 1. The first-order valence-electron chi connectivity index (χ1n) is 4.23. The number of hydrogen-bond acceptors (Lipinski definition) is 3. The Kier molecular flexibility index (Phi) is 3.12. The predicted molar refractivity (Wildman–Crippen MR) is 67.8 cm³/mol. The second-order valence-corrected chi connectivity index (χ2v) is 4.71. The molecule has 0 radical (unpaired) electrons. The van der Waals surface area contributed by atoms with Gasteiger partial charge in [0.2, 0.25) is 0 Å². The summed E-state index contributed by atoms with van der Waals surface area (Å²) in [6.07, 6.45) is 1.83. The van der Waals surface area contributed by atoms with Gasteiger partial charge in [-0.15, -0.1) is 11.3 Å². The maximum absolute atomic E-state index is 4.46. The van der Waals surface area contributed by atoms with Crippen LogP contribution >= 0.6 is 33.9 Å². The summed E-state index contributed by atoms with van der Waals surface area (Å²) in [7, 11) is 0. The highest BCUT2D eigenvalue weighted by molar-refractivity contribution is 14.1. The fourth-order valence-electron chi connectivity index (χ4n) is 1.26. The summed E-state index contributed by atoms with van der Waals surface area (Å²) in [6, 6.07) is 4.04. The molecule has 0 N–H and O–H groups in total. The molecule has 2 heterocycles. The van der Waals surface area contributed by atoms with Gasteiger partial charge >= 0.3 is 0 Å². The van der Waals surface area contributed by atoms with Gasteiger partial charge in [-0.05, 0) is 19.1 Å². The molecule has 2 aromatic heterocycles. The van der Waals surface area contributed by atoms with Crippen LogP contribution < -0.4 is 0 Å². The third kappa shape index (κ3) is 1.95. The second-order valence-electron chi connectivity index (χ2n) is 2.88. The summed E-state index contributed by atoms with van der Waals surface area (Å²) in [5, 5.41) is 3.19. The first-order chi connectivity index (χ1) is 6.81. The zero-order valence-electron chi connectivity index (χ0n) is 7.70. The topological polar surface area (TPSA) is 25.8 Å². The SMILES string of the molecule is Cc1nc(-c2cccnc2CI)cs1. The zero-order chi connectivity index (χ0) is 9.97. The lowest BCUT2D eigenvalue weighted by Crippen LogP contribution is -1.89. The van der Waals surface area contributed by atoms with Crippen molar-refractivity contribution in [3.8, 4) is 11.3 Å². The molecule has 0 bridgehead atoms. The molecule has 72 valence electrons. The Morgan fingerprint density at radius 3 is 3.00 bits per heavy atom. The molecule has 0 atom stereocenters. The number of nitrogens with zero attached hydrogens (tertiary/aromatic N) is 2. The quantitative estimate of drug-likeness (QED) is 0.626. The zero-order valence-corrected chi connectivity index (χ0v) is 10.7. The Labute approximate surface area is 101 Å². The number of rotatable bonds is 2. The van der Waals surface area contributed by atoms with Gasteiger partial charge in [0, 0.05) is 21.6 Å². The summed E-state index contributed by atoms with van der Waals surface area (Å²) >= 11 is 4.00. The molecule has 0 aliphatic heterocycles. The van der Waals surface area contributed by atoms with Crippen molar-refractivity contribution >= 4 is 33.9 Å².